The molecule has 0 saturated carbocycles. The molecule has 0 aliphatic rings. The Morgan fingerprint density at radius 2 is 1.97 bits per heavy atom. The molecular weight excluding hydrogens is 458 g/mol. The van der Waals surface area contributed by atoms with Crippen molar-refractivity contribution >= 4 is 28.4 Å². The molecule has 2 N–H and O–H groups in total. The second-order valence-corrected chi connectivity index (χ2v) is 7.68. The zero-order valence-corrected chi connectivity index (χ0v) is 20.0. The number of methoxy groups -OCH3 is 1. The van der Waals surface area contributed by atoms with Gasteiger partial charge in [-0.1, -0.05) is 24.8 Å². The summed E-state index contributed by atoms with van der Waals surface area (Å²) in [5, 5.41) is 5.37. The summed E-state index contributed by atoms with van der Waals surface area (Å²) in [7, 11) is 1.57. The van der Waals surface area contributed by atoms with Gasteiger partial charge in [0.05, 0.1) is 32.2 Å². The molecule has 0 fully saturated rings. The molecule has 0 radical (unpaired) electrons. The lowest BCUT2D eigenvalue weighted by Crippen LogP contribution is -2.34. The van der Waals surface area contributed by atoms with Crippen molar-refractivity contribution in [3.63, 3.8) is 0 Å². The molecule has 0 spiro atoms. The van der Waals surface area contributed by atoms with Crippen LogP contribution in [0.4, 0.5) is 11.5 Å². The van der Waals surface area contributed by atoms with Crippen molar-refractivity contribution in [2.45, 2.75) is 13.5 Å². The molecule has 2 aromatic carbocycles. The monoisotopic (exact) mass is 483 g/mol. The number of hydrogen-bond donors (Lipinski definition) is 1. The van der Waals surface area contributed by atoms with Gasteiger partial charge in [-0.2, -0.15) is 5.10 Å². The fourth-order valence-corrected chi connectivity index (χ4v) is 3.83. The number of para-hydroxylation sites is 1. The smallest absolute Gasteiger partial charge is 0.256 e. The van der Waals surface area contributed by atoms with E-state index >= 15 is 0 Å². The maximum atomic E-state index is 12.9. The van der Waals surface area contributed by atoms with Gasteiger partial charge in [0.1, 0.15) is 17.8 Å². The number of hydrogen-bond acceptors (Lipinski definition) is 7. The highest BCUT2D eigenvalue weighted by atomic mass is 16.5. The van der Waals surface area contributed by atoms with E-state index in [9.17, 15) is 4.79 Å². The molecule has 10 heteroatoms. The van der Waals surface area contributed by atoms with Crippen molar-refractivity contribution in [2.24, 2.45) is 0 Å². The van der Waals surface area contributed by atoms with Gasteiger partial charge in [0, 0.05) is 17.8 Å². The second kappa shape index (κ2) is 10.6. The first kappa shape index (κ1) is 24.2. The lowest BCUT2D eigenvalue weighted by atomic mass is 10.1. The quantitative estimate of drug-likeness (QED) is 0.283. The zero-order chi connectivity index (χ0) is 25.7. The summed E-state index contributed by atoms with van der Waals surface area (Å²) in [6, 6.07) is 14.6. The van der Waals surface area contributed by atoms with Crippen LogP contribution >= 0.6 is 0 Å². The van der Waals surface area contributed by atoms with E-state index in [0.717, 1.165) is 5.56 Å². The Hall–Kier alpha value is -4.91. The number of carbonyl (C=O) groups is 1. The molecule has 0 bridgehead atoms. The fourth-order valence-electron chi connectivity index (χ4n) is 3.83. The molecule has 36 heavy (non-hydrogen) atoms. The number of aromatic nitrogens is 4. The largest absolute Gasteiger partial charge is 0.493 e. The molecule has 0 aliphatic heterocycles. The maximum absolute atomic E-state index is 12.9. The third-order valence-electron chi connectivity index (χ3n) is 5.53. The molecule has 0 atom stereocenters. The van der Waals surface area contributed by atoms with Gasteiger partial charge in [-0.3, -0.25) is 4.79 Å². The van der Waals surface area contributed by atoms with Crippen molar-refractivity contribution in [3.8, 4) is 22.8 Å². The van der Waals surface area contributed by atoms with Gasteiger partial charge in [-0.15, -0.1) is 0 Å². The van der Waals surface area contributed by atoms with Crippen LogP contribution in [0.3, 0.4) is 0 Å². The summed E-state index contributed by atoms with van der Waals surface area (Å²) in [6.45, 7) is 13.7. The van der Waals surface area contributed by atoms with E-state index in [-0.39, 0.29) is 24.6 Å². The maximum Gasteiger partial charge on any atom is 0.256 e. The Labute approximate surface area is 208 Å². The molecule has 1 amide bonds. The third-order valence-corrected chi connectivity index (χ3v) is 5.53. The van der Waals surface area contributed by atoms with Crippen LogP contribution in [0.5, 0.6) is 11.5 Å². The predicted molar refractivity (Wildman–Crippen MR) is 137 cm³/mol. The SMILES string of the molecule is [C-]#[N+]C(=C)C(=O)N(CCn1nc(-c2ccc(OCC)c(OC)c2)c2c(N)ncnc21)c1ccccc1. The summed E-state index contributed by atoms with van der Waals surface area (Å²) < 4.78 is 12.8. The molecule has 2 aromatic heterocycles. The van der Waals surface area contributed by atoms with Gasteiger partial charge in [0.2, 0.25) is 5.70 Å². The average Bonchev–Trinajstić information content (AvgIpc) is 3.29. The number of anilines is 2. The van der Waals surface area contributed by atoms with E-state index in [1.807, 2.05) is 43.3 Å². The van der Waals surface area contributed by atoms with Crippen molar-refractivity contribution in [1.29, 1.82) is 0 Å². The highest BCUT2D eigenvalue weighted by Crippen LogP contribution is 2.36. The van der Waals surface area contributed by atoms with Gasteiger partial charge in [-0.25, -0.2) is 19.5 Å². The molecule has 10 nitrogen and oxygen atoms in total. The molecule has 4 rings (SSSR count). The normalized spacial score (nSPS) is 10.6. The minimum absolute atomic E-state index is 0.169. The van der Waals surface area contributed by atoms with Crippen LogP contribution in [0.1, 0.15) is 6.92 Å². The summed E-state index contributed by atoms with van der Waals surface area (Å²) in [5.74, 6) is 0.990. The molecule has 0 aliphatic carbocycles. The van der Waals surface area contributed by atoms with Gasteiger partial charge in [0.15, 0.2) is 17.1 Å². The third kappa shape index (κ3) is 4.67. The van der Waals surface area contributed by atoms with Crippen LogP contribution in [-0.4, -0.2) is 45.9 Å². The molecule has 0 saturated heterocycles. The van der Waals surface area contributed by atoms with Crippen molar-refractivity contribution in [1.82, 2.24) is 19.7 Å². The summed E-state index contributed by atoms with van der Waals surface area (Å²) in [4.78, 5) is 26.2. The molecular formula is C26H25N7O3. The van der Waals surface area contributed by atoms with Crippen LogP contribution in [-0.2, 0) is 11.3 Å². The van der Waals surface area contributed by atoms with Crippen LogP contribution in [0.15, 0.2) is 67.1 Å². The van der Waals surface area contributed by atoms with E-state index in [1.54, 1.807) is 23.9 Å². The van der Waals surface area contributed by atoms with Crippen LogP contribution < -0.4 is 20.1 Å². The zero-order valence-electron chi connectivity index (χ0n) is 20.0. The summed E-state index contributed by atoms with van der Waals surface area (Å²) >= 11 is 0. The Kier molecular flexibility index (Phi) is 7.11. The lowest BCUT2D eigenvalue weighted by molar-refractivity contribution is -0.114. The second-order valence-electron chi connectivity index (χ2n) is 7.68. The molecule has 4 aromatic rings. The highest BCUT2D eigenvalue weighted by molar-refractivity contribution is 6.06. The highest BCUT2D eigenvalue weighted by Gasteiger charge is 2.22. The van der Waals surface area contributed by atoms with Crippen molar-refractivity contribution in [2.75, 3.05) is 30.9 Å². The predicted octanol–water partition coefficient (Wildman–Crippen LogP) is 3.95. The first-order chi connectivity index (χ1) is 17.5. The number of benzene rings is 2. The van der Waals surface area contributed by atoms with Crippen molar-refractivity contribution < 1.29 is 14.3 Å². The number of carbonyl (C=O) groups excluding carboxylic acids is 1. The minimum atomic E-state index is -0.474. The lowest BCUT2D eigenvalue weighted by Gasteiger charge is -2.22. The number of nitrogens with two attached hydrogens (primary N) is 1. The number of amides is 1. The summed E-state index contributed by atoms with van der Waals surface area (Å²) in [6.07, 6.45) is 1.37. The van der Waals surface area contributed by atoms with Crippen LogP contribution in [0.2, 0.25) is 0 Å². The Morgan fingerprint density at radius 1 is 1.19 bits per heavy atom. The number of nitrogens with zero attached hydrogens (tertiary/aromatic N) is 6. The van der Waals surface area contributed by atoms with Gasteiger partial charge in [0.25, 0.3) is 5.91 Å². The van der Waals surface area contributed by atoms with Crippen molar-refractivity contribution in [3.05, 3.63) is 78.6 Å². The summed E-state index contributed by atoms with van der Waals surface area (Å²) in [5.41, 5.74) is 8.57. The van der Waals surface area contributed by atoms with Crippen LogP contribution in [0, 0.1) is 6.57 Å². The molecule has 2 heterocycles. The van der Waals surface area contributed by atoms with E-state index in [2.05, 4.69) is 21.4 Å². The number of rotatable bonds is 9. The number of ether oxygens (including phenoxy) is 2. The number of nitrogen functional groups attached to an aromatic ring is 1. The van der Waals surface area contributed by atoms with Crippen LogP contribution in [0.25, 0.3) is 27.1 Å². The van der Waals surface area contributed by atoms with E-state index < -0.39 is 5.91 Å². The first-order valence-electron chi connectivity index (χ1n) is 11.2. The topological polar surface area (TPSA) is 113 Å². The average molecular weight is 484 g/mol. The fraction of sp³-hybridized carbons (Fsp3) is 0.192. The first-order valence-corrected chi connectivity index (χ1v) is 11.2. The number of fused-ring (bicyclic) bond motifs is 1. The Balaban J connectivity index is 1.74. The minimum Gasteiger partial charge on any atom is -0.493 e. The van der Waals surface area contributed by atoms with Gasteiger partial charge < -0.3 is 20.1 Å². The molecule has 182 valence electrons. The van der Waals surface area contributed by atoms with Gasteiger partial charge >= 0.3 is 0 Å². The van der Waals surface area contributed by atoms with Gasteiger partial charge in [-0.05, 0) is 37.3 Å². The van der Waals surface area contributed by atoms with E-state index in [4.69, 9.17) is 26.9 Å². The van der Waals surface area contributed by atoms with E-state index in [0.29, 0.717) is 40.5 Å². The van der Waals surface area contributed by atoms with E-state index in [1.165, 1.54) is 11.2 Å². The standard InChI is InChI=1S/C26H25N7O3/c1-5-36-20-12-11-18(15-21(20)35-4)23-22-24(27)29-16-30-25(22)33(31-23)14-13-32(26(34)17(2)28-3)19-9-7-6-8-10-19/h6-12,15-16H,2,5,13-14H2,1,4H3,(H2,27,29,30). The Bertz CT molecular complexity index is 1460. The Morgan fingerprint density at radius 3 is 2.67 bits per heavy atom. The molecule has 0 unspecified atom stereocenters.